The van der Waals surface area contributed by atoms with Crippen LogP contribution in [0.5, 0.6) is 0 Å². The lowest BCUT2D eigenvalue weighted by Crippen LogP contribution is -2.53. The van der Waals surface area contributed by atoms with Crippen molar-refractivity contribution in [2.24, 2.45) is 0 Å². The van der Waals surface area contributed by atoms with Gasteiger partial charge in [0.25, 0.3) is 5.91 Å². The lowest BCUT2D eigenvalue weighted by molar-refractivity contribution is -0.142. The van der Waals surface area contributed by atoms with Gasteiger partial charge in [-0.25, -0.2) is 14.8 Å². The number of hydrogen-bond donors (Lipinski definition) is 2. The molecule has 2 aromatic carbocycles. The monoisotopic (exact) mass is 536 g/mol. The molecule has 198 valence electrons. The van der Waals surface area contributed by atoms with E-state index in [4.69, 9.17) is 16.3 Å². The summed E-state index contributed by atoms with van der Waals surface area (Å²) < 4.78 is 4.85. The molecule has 4 rings (SSSR count). The zero-order chi connectivity index (χ0) is 26.9. The number of nitrogens with zero attached hydrogens (tertiary/aromatic N) is 4. The van der Waals surface area contributed by atoms with Crippen molar-refractivity contribution in [3.63, 3.8) is 0 Å². The molecule has 1 saturated heterocycles. The van der Waals surface area contributed by atoms with Gasteiger partial charge < -0.3 is 25.2 Å². The molecule has 0 atom stereocenters. The molecule has 3 amide bonds. The Kier molecular flexibility index (Phi) is 9.10. The average molecular weight is 537 g/mol. The molecule has 3 aromatic rings. The Balaban J connectivity index is 1.27. The van der Waals surface area contributed by atoms with Crippen molar-refractivity contribution in [2.45, 2.75) is 13.3 Å². The molecule has 1 aliphatic heterocycles. The maximum atomic E-state index is 13.0. The number of carbonyl (C=O) groups is 3. The summed E-state index contributed by atoms with van der Waals surface area (Å²) in [5.74, 6) is -0.00324. The van der Waals surface area contributed by atoms with Crippen LogP contribution in [0.3, 0.4) is 0 Å². The van der Waals surface area contributed by atoms with Crippen molar-refractivity contribution in [3.05, 3.63) is 71.4 Å². The van der Waals surface area contributed by atoms with Crippen LogP contribution in [-0.4, -0.2) is 77.0 Å². The molecule has 0 spiro atoms. The molecule has 2 N–H and O–H groups in total. The van der Waals surface area contributed by atoms with Crippen LogP contribution in [0.15, 0.2) is 60.8 Å². The van der Waals surface area contributed by atoms with Crippen LogP contribution in [0.1, 0.15) is 23.7 Å². The Labute approximate surface area is 226 Å². The van der Waals surface area contributed by atoms with Crippen molar-refractivity contribution in [1.29, 1.82) is 0 Å². The first kappa shape index (κ1) is 26.9. The standard InChI is InChI=1S/C27H29ClN6O4/c1-2-38-24(35)12-14-30-27(37)34-17-15-33(16-18-34)25(36)20-5-9-22(10-6-20)31-26-29-13-11-23(32-26)19-3-7-21(28)8-4-19/h3-11,13H,2,12,14-18H2,1H3,(H,30,37)(H,29,31,32). The third kappa shape index (κ3) is 7.19. The minimum atomic E-state index is -0.344. The van der Waals surface area contributed by atoms with E-state index in [9.17, 15) is 14.4 Å². The van der Waals surface area contributed by atoms with E-state index in [1.807, 2.05) is 30.3 Å². The van der Waals surface area contributed by atoms with Gasteiger partial charge in [0.2, 0.25) is 5.95 Å². The van der Waals surface area contributed by atoms with Gasteiger partial charge in [-0.05, 0) is 49.4 Å². The predicted octanol–water partition coefficient (Wildman–Crippen LogP) is 3.96. The van der Waals surface area contributed by atoms with Gasteiger partial charge in [-0.1, -0.05) is 23.7 Å². The maximum absolute atomic E-state index is 13.0. The summed E-state index contributed by atoms with van der Waals surface area (Å²) in [6.07, 6.45) is 1.81. The third-order valence-electron chi connectivity index (χ3n) is 5.95. The average Bonchev–Trinajstić information content (AvgIpc) is 2.94. The first-order valence-corrected chi connectivity index (χ1v) is 12.7. The third-order valence-corrected chi connectivity index (χ3v) is 6.20. The predicted molar refractivity (Wildman–Crippen MR) is 144 cm³/mol. The van der Waals surface area contributed by atoms with E-state index in [1.54, 1.807) is 47.2 Å². The molecule has 1 aliphatic rings. The number of nitrogens with one attached hydrogen (secondary N) is 2. The van der Waals surface area contributed by atoms with Crippen molar-refractivity contribution >= 4 is 41.1 Å². The van der Waals surface area contributed by atoms with Gasteiger partial charge in [0, 0.05) is 60.8 Å². The maximum Gasteiger partial charge on any atom is 0.317 e. The van der Waals surface area contributed by atoms with Gasteiger partial charge in [0.15, 0.2) is 0 Å². The van der Waals surface area contributed by atoms with Crippen molar-refractivity contribution in [2.75, 3.05) is 44.6 Å². The van der Waals surface area contributed by atoms with Crippen molar-refractivity contribution < 1.29 is 19.1 Å². The quantitative estimate of drug-likeness (QED) is 0.418. The van der Waals surface area contributed by atoms with E-state index in [1.165, 1.54) is 0 Å². The second-order valence-electron chi connectivity index (χ2n) is 8.54. The van der Waals surface area contributed by atoms with Crippen LogP contribution < -0.4 is 10.6 Å². The molecule has 0 aliphatic carbocycles. The smallest absolute Gasteiger partial charge is 0.317 e. The summed E-state index contributed by atoms with van der Waals surface area (Å²) in [6, 6.07) is 16.1. The van der Waals surface area contributed by atoms with E-state index < -0.39 is 0 Å². The summed E-state index contributed by atoms with van der Waals surface area (Å²) >= 11 is 5.97. The van der Waals surface area contributed by atoms with E-state index in [2.05, 4.69) is 20.6 Å². The van der Waals surface area contributed by atoms with E-state index in [-0.39, 0.29) is 30.9 Å². The molecule has 38 heavy (non-hydrogen) atoms. The van der Waals surface area contributed by atoms with Crippen LogP contribution in [0.25, 0.3) is 11.3 Å². The van der Waals surface area contributed by atoms with Crippen molar-refractivity contribution in [1.82, 2.24) is 25.1 Å². The van der Waals surface area contributed by atoms with E-state index in [0.717, 1.165) is 16.9 Å². The number of carbonyl (C=O) groups excluding carboxylic acids is 3. The van der Waals surface area contributed by atoms with Gasteiger partial charge in [0.05, 0.1) is 18.7 Å². The Morgan fingerprint density at radius 3 is 2.32 bits per heavy atom. The first-order valence-electron chi connectivity index (χ1n) is 12.4. The number of anilines is 2. The molecule has 11 heteroatoms. The summed E-state index contributed by atoms with van der Waals surface area (Å²) in [6.45, 7) is 3.95. The minimum absolute atomic E-state index is 0.0973. The molecular weight excluding hydrogens is 508 g/mol. The number of urea groups is 1. The lowest BCUT2D eigenvalue weighted by Gasteiger charge is -2.34. The van der Waals surface area contributed by atoms with Gasteiger partial charge in [0.1, 0.15) is 0 Å². The van der Waals surface area contributed by atoms with Crippen LogP contribution in [-0.2, 0) is 9.53 Å². The number of aromatic nitrogens is 2. The second-order valence-corrected chi connectivity index (χ2v) is 8.98. The zero-order valence-electron chi connectivity index (χ0n) is 21.0. The van der Waals surface area contributed by atoms with Gasteiger partial charge in [-0.15, -0.1) is 0 Å². The number of hydrogen-bond acceptors (Lipinski definition) is 7. The lowest BCUT2D eigenvalue weighted by atomic mass is 10.1. The number of halogens is 1. The fraction of sp³-hybridized carbons (Fsp3) is 0.296. The fourth-order valence-corrected chi connectivity index (χ4v) is 4.06. The second kappa shape index (κ2) is 12.9. The summed E-state index contributed by atoms with van der Waals surface area (Å²) in [5, 5.41) is 6.54. The normalized spacial score (nSPS) is 13.1. The number of benzene rings is 2. The van der Waals surface area contributed by atoms with Crippen LogP contribution >= 0.6 is 11.6 Å². The van der Waals surface area contributed by atoms with E-state index in [0.29, 0.717) is 49.3 Å². The molecule has 2 heterocycles. The Bertz CT molecular complexity index is 1260. The molecule has 0 bridgehead atoms. The summed E-state index contributed by atoms with van der Waals surface area (Å²) in [7, 11) is 0. The zero-order valence-corrected chi connectivity index (χ0v) is 21.8. The van der Waals surface area contributed by atoms with Crippen LogP contribution in [0.4, 0.5) is 16.4 Å². The van der Waals surface area contributed by atoms with Gasteiger partial charge >= 0.3 is 12.0 Å². The van der Waals surface area contributed by atoms with Crippen LogP contribution in [0, 0.1) is 0 Å². The van der Waals surface area contributed by atoms with Gasteiger partial charge in [-0.2, -0.15) is 0 Å². The minimum Gasteiger partial charge on any atom is -0.466 e. The first-order chi connectivity index (χ1) is 18.4. The number of esters is 1. The highest BCUT2D eigenvalue weighted by Gasteiger charge is 2.25. The molecule has 0 radical (unpaired) electrons. The number of rotatable bonds is 8. The number of ether oxygens (including phenoxy) is 1. The largest absolute Gasteiger partial charge is 0.466 e. The summed E-state index contributed by atoms with van der Waals surface area (Å²) in [4.78, 5) is 48.9. The molecule has 1 fully saturated rings. The Morgan fingerprint density at radius 1 is 0.947 bits per heavy atom. The fourth-order valence-electron chi connectivity index (χ4n) is 3.94. The summed E-state index contributed by atoms with van der Waals surface area (Å²) in [5.41, 5.74) is 2.99. The molecule has 0 saturated carbocycles. The molecule has 0 unspecified atom stereocenters. The molecular formula is C27H29ClN6O4. The van der Waals surface area contributed by atoms with Crippen molar-refractivity contribution in [3.8, 4) is 11.3 Å². The SMILES string of the molecule is CCOC(=O)CCNC(=O)N1CCN(C(=O)c2ccc(Nc3nccc(-c4ccc(Cl)cc4)n3)cc2)CC1. The highest BCUT2D eigenvalue weighted by atomic mass is 35.5. The number of piperazine rings is 1. The van der Waals surface area contributed by atoms with Gasteiger partial charge in [-0.3, -0.25) is 9.59 Å². The Morgan fingerprint density at radius 2 is 1.63 bits per heavy atom. The Hall–Kier alpha value is -4.18. The topological polar surface area (TPSA) is 117 Å². The molecule has 10 nitrogen and oxygen atoms in total. The van der Waals surface area contributed by atoms with E-state index >= 15 is 0 Å². The molecule has 1 aromatic heterocycles. The van der Waals surface area contributed by atoms with Crippen LogP contribution in [0.2, 0.25) is 5.02 Å². The highest BCUT2D eigenvalue weighted by molar-refractivity contribution is 6.30. The number of amides is 3. The highest BCUT2D eigenvalue weighted by Crippen LogP contribution is 2.22.